The summed E-state index contributed by atoms with van der Waals surface area (Å²) in [6.07, 6.45) is 1.09. The van der Waals surface area contributed by atoms with Crippen LogP contribution in [0.3, 0.4) is 0 Å². The SMILES string of the molecule is CCCN1CC(N2CCN(c3cccc4c3OCCO4)CC2)N(Cc2ccccc2)C1=O. The molecule has 170 valence electrons. The van der Waals surface area contributed by atoms with Crippen molar-refractivity contribution in [1.82, 2.24) is 14.7 Å². The Balaban J connectivity index is 1.29. The van der Waals surface area contributed by atoms with Crippen molar-refractivity contribution in [3.8, 4) is 11.5 Å². The number of nitrogens with zero attached hydrogens (tertiary/aromatic N) is 4. The summed E-state index contributed by atoms with van der Waals surface area (Å²) >= 11 is 0. The van der Waals surface area contributed by atoms with Gasteiger partial charge in [-0.05, 0) is 24.1 Å². The lowest BCUT2D eigenvalue weighted by Crippen LogP contribution is -2.55. The van der Waals surface area contributed by atoms with Crippen molar-refractivity contribution in [3.63, 3.8) is 0 Å². The number of hydrogen-bond donors (Lipinski definition) is 0. The molecule has 7 nitrogen and oxygen atoms in total. The number of carbonyl (C=O) groups is 1. The van der Waals surface area contributed by atoms with Crippen LogP contribution in [0, 0.1) is 0 Å². The number of ether oxygens (including phenoxy) is 2. The highest BCUT2D eigenvalue weighted by Gasteiger charge is 2.41. The molecule has 3 aliphatic heterocycles. The molecule has 5 rings (SSSR count). The fourth-order valence-corrected chi connectivity index (χ4v) is 4.97. The first kappa shape index (κ1) is 20.9. The first-order valence-corrected chi connectivity index (χ1v) is 11.7. The molecule has 2 aromatic rings. The molecule has 3 heterocycles. The van der Waals surface area contributed by atoms with Crippen molar-refractivity contribution in [2.24, 2.45) is 0 Å². The first-order valence-electron chi connectivity index (χ1n) is 11.7. The number of anilines is 1. The smallest absolute Gasteiger partial charge is 0.321 e. The summed E-state index contributed by atoms with van der Waals surface area (Å²) in [4.78, 5) is 22.1. The predicted octanol–water partition coefficient (Wildman–Crippen LogP) is 3.25. The van der Waals surface area contributed by atoms with E-state index in [0.29, 0.717) is 19.8 Å². The van der Waals surface area contributed by atoms with E-state index in [0.717, 1.165) is 62.9 Å². The maximum Gasteiger partial charge on any atom is 0.321 e. The van der Waals surface area contributed by atoms with Crippen molar-refractivity contribution in [2.75, 3.05) is 57.4 Å². The number of fused-ring (bicyclic) bond motifs is 1. The Morgan fingerprint density at radius 1 is 0.938 bits per heavy atom. The molecule has 0 aliphatic carbocycles. The topological polar surface area (TPSA) is 48.5 Å². The van der Waals surface area contributed by atoms with E-state index in [-0.39, 0.29) is 12.2 Å². The molecule has 2 aromatic carbocycles. The molecule has 2 amide bonds. The van der Waals surface area contributed by atoms with E-state index < -0.39 is 0 Å². The van der Waals surface area contributed by atoms with Gasteiger partial charge < -0.3 is 24.2 Å². The Bertz CT molecular complexity index is 930. The van der Waals surface area contributed by atoms with E-state index in [4.69, 9.17) is 9.47 Å². The van der Waals surface area contributed by atoms with Crippen LogP contribution in [-0.2, 0) is 6.54 Å². The van der Waals surface area contributed by atoms with Gasteiger partial charge in [-0.3, -0.25) is 4.90 Å². The maximum absolute atomic E-state index is 13.2. The Morgan fingerprint density at radius 2 is 1.72 bits per heavy atom. The highest BCUT2D eigenvalue weighted by Crippen LogP contribution is 2.40. The molecule has 2 fully saturated rings. The average molecular weight is 437 g/mol. The van der Waals surface area contributed by atoms with Crippen LogP contribution in [0.15, 0.2) is 48.5 Å². The van der Waals surface area contributed by atoms with Crippen LogP contribution in [0.25, 0.3) is 0 Å². The summed E-state index contributed by atoms with van der Waals surface area (Å²) in [6, 6.07) is 16.6. The minimum atomic E-state index is 0.112. The van der Waals surface area contributed by atoms with Crippen LogP contribution in [0.1, 0.15) is 18.9 Å². The largest absolute Gasteiger partial charge is 0.486 e. The van der Waals surface area contributed by atoms with Crippen molar-refractivity contribution < 1.29 is 14.3 Å². The normalized spacial score (nSPS) is 21.3. The second kappa shape index (κ2) is 9.28. The highest BCUT2D eigenvalue weighted by molar-refractivity contribution is 5.77. The lowest BCUT2D eigenvalue weighted by molar-refractivity contribution is 0.0860. The summed E-state index contributed by atoms with van der Waals surface area (Å²) in [5, 5.41) is 0. The number of rotatable bonds is 6. The van der Waals surface area contributed by atoms with Gasteiger partial charge in [0.15, 0.2) is 11.5 Å². The average Bonchev–Trinajstić information content (AvgIpc) is 3.15. The van der Waals surface area contributed by atoms with Crippen molar-refractivity contribution >= 4 is 11.7 Å². The van der Waals surface area contributed by atoms with Crippen LogP contribution in [0.5, 0.6) is 11.5 Å². The number of urea groups is 1. The summed E-state index contributed by atoms with van der Waals surface area (Å²) in [5.41, 5.74) is 2.29. The van der Waals surface area contributed by atoms with Gasteiger partial charge in [-0.25, -0.2) is 4.79 Å². The van der Waals surface area contributed by atoms with Crippen LogP contribution in [0.2, 0.25) is 0 Å². The maximum atomic E-state index is 13.2. The van der Waals surface area contributed by atoms with Gasteiger partial charge in [0.2, 0.25) is 0 Å². The van der Waals surface area contributed by atoms with Gasteiger partial charge in [0, 0.05) is 39.3 Å². The first-order chi connectivity index (χ1) is 15.7. The van der Waals surface area contributed by atoms with E-state index in [2.05, 4.69) is 39.8 Å². The zero-order chi connectivity index (χ0) is 21.9. The van der Waals surface area contributed by atoms with Crippen molar-refractivity contribution in [2.45, 2.75) is 26.1 Å². The molecule has 0 aromatic heterocycles. The van der Waals surface area contributed by atoms with E-state index >= 15 is 0 Å². The van der Waals surface area contributed by atoms with Gasteiger partial charge in [-0.1, -0.05) is 43.3 Å². The second-order valence-corrected chi connectivity index (χ2v) is 8.65. The highest BCUT2D eigenvalue weighted by atomic mass is 16.6. The van der Waals surface area contributed by atoms with Crippen molar-refractivity contribution in [1.29, 1.82) is 0 Å². The number of carbonyl (C=O) groups excluding carboxylic acids is 1. The Labute approximate surface area is 190 Å². The lowest BCUT2D eigenvalue weighted by Gasteiger charge is -2.41. The number of piperazine rings is 1. The zero-order valence-corrected chi connectivity index (χ0v) is 18.8. The second-order valence-electron chi connectivity index (χ2n) is 8.65. The molecule has 1 atom stereocenters. The summed E-state index contributed by atoms with van der Waals surface area (Å²) in [7, 11) is 0. The van der Waals surface area contributed by atoms with E-state index in [9.17, 15) is 4.79 Å². The number of para-hydroxylation sites is 1. The third kappa shape index (κ3) is 4.09. The predicted molar refractivity (Wildman–Crippen MR) is 124 cm³/mol. The molecule has 2 saturated heterocycles. The van der Waals surface area contributed by atoms with Gasteiger partial charge in [0.05, 0.1) is 12.2 Å². The van der Waals surface area contributed by atoms with Crippen LogP contribution >= 0.6 is 0 Å². The Kier molecular flexibility index (Phi) is 6.08. The van der Waals surface area contributed by atoms with Gasteiger partial charge >= 0.3 is 6.03 Å². The summed E-state index contributed by atoms with van der Waals surface area (Å²) < 4.78 is 11.7. The molecular weight excluding hydrogens is 404 g/mol. The molecule has 0 radical (unpaired) electrons. The lowest BCUT2D eigenvalue weighted by atomic mass is 10.2. The summed E-state index contributed by atoms with van der Waals surface area (Å²) in [5.74, 6) is 1.70. The van der Waals surface area contributed by atoms with E-state index in [1.165, 1.54) is 5.56 Å². The van der Waals surface area contributed by atoms with E-state index in [1.54, 1.807) is 0 Å². The fraction of sp³-hybridized carbons (Fsp3) is 0.480. The number of amides is 2. The number of hydrogen-bond acceptors (Lipinski definition) is 5. The van der Waals surface area contributed by atoms with Gasteiger partial charge in [-0.15, -0.1) is 0 Å². The van der Waals surface area contributed by atoms with E-state index in [1.807, 2.05) is 35.2 Å². The van der Waals surface area contributed by atoms with Crippen LogP contribution in [-0.4, -0.2) is 79.4 Å². The minimum Gasteiger partial charge on any atom is -0.486 e. The number of benzene rings is 2. The molecular formula is C25H32N4O3. The fourth-order valence-electron chi connectivity index (χ4n) is 4.97. The Hall–Kier alpha value is -2.93. The van der Waals surface area contributed by atoms with Gasteiger partial charge in [-0.2, -0.15) is 0 Å². The minimum absolute atomic E-state index is 0.112. The molecule has 7 heteroatoms. The third-order valence-corrected chi connectivity index (χ3v) is 6.57. The monoisotopic (exact) mass is 436 g/mol. The molecule has 0 spiro atoms. The van der Waals surface area contributed by atoms with Gasteiger partial charge in [0.1, 0.15) is 19.4 Å². The van der Waals surface area contributed by atoms with Crippen molar-refractivity contribution in [3.05, 3.63) is 54.1 Å². The summed E-state index contributed by atoms with van der Waals surface area (Å²) in [6.45, 7) is 9.19. The molecule has 0 N–H and O–H groups in total. The van der Waals surface area contributed by atoms with Gasteiger partial charge in [0.25, 0.3) is 0 Å². The Morgan fingerprint density at radius 3 is 2.50 bits per heavy atom. The molecule has 3 aliphatic rings. The molecule has 0 bridgehead atoms. The molecule has 1 unspecified atom stereocenters. The standard InChI is InChI=1S/C25H32N4O3/c1-2-11-28-19-23(29(25(28)30)18-20-7-4-3-5-8-20)27-14-12-26(13-15-27)21-9-6-10-22-24(21)32-17-16-31-22/h3-10,23H,2,11-19H2,1H3. The molecule has 0 saturated carbocycles. The molecule has 32 heavy (non-hydrogen) atoms. The third-order valence-electron chi connectivity index (χ3n) is 6.57. The zero-order valence-electron chi connectivity index (χ0n) is 18.8. The van der Waals surface area contributed by atoms with Crippen LogP contribution < -0.4 is 14.4 Å². The quantitative estimate of drug-likeness (QED) is 0.696. The van der Waals surface area contributed by atoms with Crippen LogP contribution in [0.4, 0.5) is 10.5 Å².